The zero-order chi connectivity index (χ0) is 16.9. The molecule has 0 heterocycles. The molecule has 0 spiro atoms. The molecule has 0 aromatic heterocycles. The van der Waals surface area contributed by atoms with Gasteiger partial charge in [0, 0.05) is 24.5 Å². The molecule has 0 fully saturated rings. The summed E-state index contributed by atoms with van der Waals surface area (Å²) in [5.41, 5.74) is 1.41. The number of nitrogens with one attached hydrogen (secondary N) is 1. The zero-order valence-electron chi connectivity index (χ0n) is 14.8. The predicted octanol–water partition coefficient (Wildman–Crippen LogP) is 4.67. The van der Waals surface area contributed by atoms with E-state index in [0.717, 1.165) is 26.2 Å². The lowest BCUT2D eigenvalue weighted by Crippen LogP contribution is -2.32. The van der Waals surface area contributed by atoms with E-state index in [1.165, 1.54) is 35.6 Å². The quantitative estimate of drug-likeness (QED) is 0.446. The van der Waals surface area contributed by atoms with Crippen LogP contribution in [0.25, 0.3) is 0 Å². The molecule has 0 bridgehead atoms. The van der Waals surface area contributed by atoms with E-state index in [9.17, 15) is 0 Å². The number of benzene rings is 2. The summed E-state index contributed by atoms with van der Waals surface area (Å²) in [4.78, 5) is 3.91. The molecule has 130 valence electrons. The molecule has 0 aliphatic carbocycles. The molecule has 1 N–H and O–H groups in total. The number of thioether (sulfide) groups is 1. The minimum atomic E-state index is 1.06. The summed E-state index contributed by atoms with van der Waals surface area (Å²) in [5.74, 6) is 1.18. The third-order valence-corrected chi connectivity index (χ3v) is 5.00. The Balaban J connectivity index is 1.55. The Morgan fingerprint density at radius 1 is 0.875 bits per heavy atom. The molecule has 24 heavy (non-hydrogen) atoms. The smallest absolute Gasteiger partial charge is 0.0234 e. The summed E-state index contributed by atoms with van der Waals surface area (Å²) >= 11 is 1.94. The van der Waals surface area contributed by atoms with Crippen LogP contribution in [0.5, 0.6) is 0 Å². The van der Waals surface area contributed by atoms with Gasteiger partial charge in [-0.2, -0.15) is 0 Å². The van der Waals surface area contributed by atoms with Gasteiger partial charge in [0.15, 0.2) is 0 Å². The third-order valence-electron chi connectivity index (χ3n) is 3.90. The number of nitrogens with zero attached hydrogens (tertiary/aromatic N) is 1. The highest BCUT2D eigenvalue weighted by atomic mass is 32.2. The predicted molar refractivity (Wildman–Crippen MR) is 107 cm³/mol. The molecular formula is C21H30N2S. The van der Waals surface area contributed by atoms with E-state index in [1.807, 2.05) is 11.8 Å². The summed E-state index contributed by atoms with van der Waals surface area (Å²) < 4.78 is 0. The fourth-order valence-corrected chi connectivity index (χ4v) is 3.57. The lowest BCUT2D eigenvalue weighted by molar-refractivity contribution is 0.265. The zero-order valence-corrected chi connectivity index (χ0v) is 15.6. The lowest BCUT2D eigenvalue weighted by atomic mass is 10.2. The normalized spacial score (nSPS) is 11.1. The Morgan fingerprint density at radius 3 is 2.29 bits per heavy atom. The first kappa shape index (κ1) is 19.0. The van der Waals surface area contributed by atoms with Crippen LogP contribution < -0.4 is 5.32 Å². The van der Waals surface area contributed by atoms with Gasteiger partial charge in [0.25, 0.3) is 0 Å². The van der Waals surface area contributed by atoms with E-state index in [2.05, 4.69) is 77.8 Å². The van der Waals surface area contributed by atoms with Crippen LogP contribution in [0.1, 0.15) is 25.3 Å². The van der Waals surface area contributed by atoms with Gasteiger partial charge < -0.3 is 5.32 Å². The van der Waals surface area contributed by atoms with Crippen molar-refractivity contribution in [1.29, 1.82) is 0 Å². The van der Waals surface area contributed by atoms with Gasteiger partial charge in [-0.3, -0.25) is 4.90 Å². The molecule has 0 radical (unpaired) electrons. The van der Waals surface area contributed by atoms with Gasteiger partial charge in [0.1, 0.15) is 0 Å². The molecule has 0 aliphatic heterocycles. The maximum atomic E-state index is 3.59. The van der Waals surface area contributed by atoms with Crippen LogP contribution in [0.2, 0.25) is 0 Å². The first-order valence-electron chi connectivity index (χ1n) is 9.03. The van der Waals surface area contributed by atoms with Gasteiger partial charge in [0.2, 0.25) is 0 Å². The molecule has 2 aromatic rings. The second kappa shape index (κ2) is 12.1. The van der Waals surface area contributed by atoms with Crippen LogP contribution in [0.4, 0.5) is 0 Å². The summed E-state index contributed by atoms with van der Waals surface area (Å²) in [6.07, 6.45) is 2.42. The van der Waals surface area contributed by atoms with Gasteiger partial charge in [-0.25, -0.2) is 0 Å². The van der Waals surface area contributed by atoms with Crippen molar-refractivity contribution in [2.75, 3.05) is 31.9 Å². The molecule has 0 atom stereocenters. The first-order valence-corrected chi connectivity index (χ1v) is 10.0. The average Bonchev–Trinajstić information content (AvgIpc) is 2.63. The molecule has 2 rings (SSSR count). The minimum Gasteiger partial charge on any atom is -0.315 e. The van der Waals surface area contributed by atoms with Crippen molar-refractivity contribution in [3.63, 3.8) is 0 Å². The standard InChI is InChI=1S/C21H30N2S/c1-2-16-23(19-20-10-5-3-6-11-20)17-15-22-14-9-18-24-21-12-7-4-8-13-21/h3-8,10-13,22H,2,9,14-19H2,1H3. The summed E-state index contributed by atoms with van der Waals surface area (Å²) in [6, 6.07) is 21.4. The Bertz CT molecular complexity index is 530. The lowest BCUT2D eigenvalue weighted by Gasteiger charge is -2.22. The fraction of sp³-hybridized carbons (Fsp3) is 0.429. The van der Waals surface area contributed by atoms with Gasteiger partial charge >= 0.3 is 0 Å². The molecule has 0 saturated carbocycles. The van der Waals surface area contributed by atoms with E-state index in [-0.39, 0.29) is 0 Å². The molecule has 0 saturated heterocycles. The summed E-state index contributed by atoms with van der Waals surface area (Å²) in [5, 5.41) is 3.59. The molecule has 0 aliphatic rings. The van der Waals surface area contributed by atoms with Gasteiger partial charge in [-0.05, 0) is 49.4 Å². The Hall–Kier alpha value is -1.29. The Kier molecular flexibility index (Phi) is 9.62. The summed E-state index contributed by atoms with van der Waals surface area (Å²) in [6.45, 7) is 7.77. The fourth-order valence-electron chi connectivity index (χ4n) is 2.69. The van der Waals surface area contributed by atoms with Gasteiger partial charge in [-0.15, -0.1) is 11.8 Å². The van der Waals surface area contributed by atoms with Crippen LogP contribution >= 0.6 is 11.8 Å². The largest absolute Gasteiger partial charge is 0.315 e. The Labute approximate surface area is 151 Å². The van der Waals surface area contributed by atoms with Crippen molar-refractivity contribution >= 4 is 11.8 Å². The van der Waals surface area contributed by atoms with Crippen LogP contribution in [0.3, 0.4) is 0 Å². The molecule has 3 heteroatoms. The number of hydrogen-bond donors (Lipinski definition) is 1. The maximum Gasteiger partial charge on any atom is 0.0234 e. The SMILES string of the molecule is CCCN(CCNCCCSc1ccccc1)Cc1ccccc1. The van der Waals surface area contributed by atoms with Crippen LogP contribution in [0.15, 0.2) is 65.6 Å². The average molecular weight is 343 g/mol. The van der Waals surface area contributed by atoms with Crippen molar-refractivity contribution in [2.45, 2.75) is 31.2 Å². The number of rotatable bonds is 12. The third kappa shape index (κ3) is 8.00. The van der Waals surface area contributed by atoms with Crippen LogP contribution in [-0.4, -0.2) is 36.8 Å². The van der Waals surface area contributed by atoms with E-state index in [1.54, 1.807) is 0 Å². The topological polar surface area (TPSA) is 15.3 Å². The van der Waals surface area contributed by atoms with Crippen molar-refractivity contribution in [1.82, 2.24) is 10.2 Å². The minimum absolute atomic E-state index is 1.06. The highest BCUT2D eigenvalue weighted by Crippen LogP contribution is 2.17. The monoisotopic (exact) mass is 342 g/mol. The van der Waals surface area contributed by atoms with Crippen molar-refractivity contribution in [3.8, 4) is 0 Å². The highest BCUT2D eigenvalue weighted by molar-refractivity contribution is 7.99. The van der Waals surface area contributed by atoms with Crippen molar-refractivity contribution < 1.29 is 0 Å². The Morgan fingerprint density at radius 2 is 1.58 bits per heavy atom. The van der Waals surface area contributed by atoms with Gasteiger partial charge in [-0.1, -0.05) is 55.5 Å². The maximum absolute atomic E-state index is 3.59. The van der Waals surface area contributed by atoms with Crippen LogP contribution in [-0.2, 0) is 6.54 Å². The molecular weight excluding hydrogens is 312 g/mol. The molecule has 0 amide bonds. The number of hydrogen-bond acceptors (Lipinski definition) is 3. The van der Waals surface area contributed by atoms with Crippen LogP contribution in [0, 0.1) is 0 Å². The second-order valence-corrected chi connectivity index (χ2v) is 7.20. The van der Waals surface area contributed by atoms with Gasteiger partial charge in [0.05, 0.1) is 0 Å². The van der Waals surface area contributed by atoms with E-state index in [4.69, 9.17) is 0 Å². The van der Waals surface area contributed by atoms with Crippen molar-refractivity contribution in [2.24, 2.45) is 0 Å². The second-order valence-electron chi connectivity index (χ2n) is 6.03. The molecule has 0 unspecified atom stereocenters. The van der Waals surface area contributed by atoms with E-state index in [0.29, 0.717) is 0 Å². The molecule has 2 aromatic carbocycles. The molecule has 2 nitrogen and oxygen atoms in total. The van der Waals surface area contributed by atoms with E-state index < -0.39 is 0 Å². The first-order chi connectivity index (χ1) is 11.9. The van der Waals surface area contributed by atoms with E-state index >= 15 is 0 Å². The summed E-state index contributed by atoms with van der Waals surface area (Å²) in [7, 11) is 0. The van der Waals surface area contributed by atoms with Crippen molar-refractivity contribution in [3.05, 3.63) is 66.2 Å². The highest BCUT2D eigenvalue weighted by Gasteiger charge is 2.04.